The zero-order valence-electron chi connectivity index (χ0n) is 15.5. The molecule has 1 saturated heterocycles. The summed E-state index contributed by atoms with van der Waals surface area (Å²) in [5.41, 5.74) is 0.974. The second kappa shape index (κ2) is 8.41. The molecular formula is C20H26N6O. The van der Waals surface area contributed by atoms with Gasteiger partial charge in [0.25, 0.3) is 0 Å². The van der Waals surface area contributed by atoms with Gasteiger partial charge in [0.2, 0.25) is 17.8 Å². The summed E-state index contributed by atoms with van der Waals surface area (Å²) in [4.78, 5) is 32.0. The Balaban J connectivity index is 1.40. The summed E-state index contributed by atoms with van der Waals surface area (Å²) in [5, 5.41) is 3.04. The summed E-state index contributed by atoms with van der Waals surface area (Å²) >= 11 is 0. The molecule has 1 N–H and O–H groups in total. The molecule has 142 valence electrons. The third-order valence-electron chi connectivity index (χ3n) is 5.60. The highest BCUT2D eigenvalue weighted by atomic mass is 16.2. The topological polar surface area (TPSA) is 83.9 Å². The molecule has 1 saturated carbocycles. The number of nitrogens with one attached hydrogen (secondary N) is 1. The van der Waals surface area contributed by atoms with Crippen LogP contribution in [0.15, 0.2) is 30.7 Å². The molecule has 0 bridgehead atoms. The van der Waals surface area contributed by atoms with Crippen LogP contribution in [0.25, 0.3) is 0 Å². The van der Waals surface area contributed by atoms with Gasteiger partial charge in [-0.2, -0.15) is 0 Å². The van der Waals surface area contributed by atoms with E-state index in [9.17, 15) is 4.79 Å². The van der Waals surface area contributed by atoms with Crippen molar-refractivity contribution in [3.05, 3.63) is 36.4 Å². The van der Waals surface area contributed by atoms with E-state index < -0.39 is 0 Å². The largest absolute Gasteiger partial charge is 0.342 e. The highest BCUT2D eigenvalue weighted by Crippen LogP contribution is 2.30. The molecule has 1 aliphatic carbocycles. The predicted octanol–water partition coefficient (Wildman–Crippen LogP) is 3.30. The predicted molar refractivity (Wildman–Crippen MR) is 102 cm³/mol. The lowest BCUT2D eigenvalue weighted by Crippen LogP contribution is -2.39. The minimum atomic E-state index is 0.256. The zero-order chi connectivity index (χ0) is 18.5. The van der Waals surface area contributed by atoms with Crippen LogP contribution in [0, 0.1) is 5.92 Å². The first-order valence-corrected chi connectivity index (χ1v) is 9.92. The number of piperidine rings is 1. The summed E-state index contributed by atoms with van der Waals surface area (Å²) in [6, 6.07) is 3.72. The number of nitrogens with zero attached hydrogens (tertiary/aromatic N) is 5. The number of amides is 1. The molecule has 1 atom stereocenters. The first-order chi connectivity index (χ1) is 13.3. The van der Waals surface area contributed by atoms with Gasteiger partial charge in [-0.05, 0) is 43.7 Å². The Labute approximate surface area is 159 Å². The number of carbonyl (C=O) groups is 1. The van der Waals surface area contributed by atoms with Crippen LogP contribution in [0.1, 0.15) is 56.6 Å². The highest BCUT2D eigenvalue weighted by Gasteiger charge is 2.28. The van der Waals surface area contributed by atoms with Crippen LogP contribution < -0.4 is 5.32 Å². The summed E-state index contributed by atoms with van der Waals surface area (Å²) < 4.78 is 0. The molecule has 2 aromatic rings. The Morgan fingerprint density at radius 3 is 2.63 bits per heavy atom. The Morgan fingerprint density at radius 2 is 1.81 bits per heavy atom. The molecule has 3 heterocycles. The normalized spacial score (nSPS) is 20.6. The van der Waals surface area contributed by atoms with Gasteiger partial charge >= 0.3 is 0 Å². The number of anilines is 2. The number of hydrogen-bond acceptors (Lipinski definition) is 6. The van der Waals surface area contributed by atoms with Crippen molar-refractivity contribution < 1.29 is 4.79 Å². The fourth-order valence-corrected chi connectivity index (χ4v) is 4.16. The van der Waals surface area contributed by atoms with Crippen LogP contribution >= 0.6 is 0 Å². The molecular weight excluding hydrogens is 340 g/mol. The van der Waals surface area contributed by atoms with Gasteiger partial charge in [0.05, 0.1) is 5.69 Å². The maximum Gasteiger partial charge on any atom is 0.229 e. The monoisotopic (exact) mass is 366 g/mol. The lowest BCUT2D eigenvalue weighted by Gasteiger charge is -2.33. The van der Waals surface area contributed by atoms with Gasteiger partial charge in [-0.15, -0.1) is 0 Å². The van der Waals surface area contributed by atoms with E-state index >= 15 is 0 Å². The zero-order valence-corrected chi connectivity index (χ0v) is 15.5. The average Bonchev–Trinajstić information content (AvgIpc) is 3.22. The molecule has 0 spiro atoms. The molecule has 2 aromatic heterocycles. The summed E-state index contributed by atoms with van der Waals surface area (Å²) in [6.07, 6.45) is 12.9. The third-order valence-corrected chi connectivity index (χ3v) is 5.60. The highest BCUT2D eigenvalue weighted by molar-refractivity contribution is 5.76. The van der Waals surface area contributed by atoms with Gasteiger partial charge in [0.1, 0.15) is 0 Å². The molecule has 2 aliphatic rings. The van der Waals surface area contributed by atoms with Crippen molar-refractivity contribution in [2.24, 2.45) is 5.92 Å². The average molecular weight is 366 g/mol. The van der Waals surface area contributed by atoms with Gasteiger partial charge in [-0.3, -0.25) is 10.1 Å². The van der Waals surface area contributed by atoms with Crippen molar-refractivity contribution in [3.63, 3.8) is 0 Å². The van der Waals surface area contributed by atoms with Crippen LogP contribution in [0.3, 0.4) is 0 Å². The Kier molecular flexibility index (Phi) is 5.55. The van der Waals surface area contributed by atoms with E-state index in [0.717, 1.165) is 31.6 Å². The Morgan fingerprint density at radius 1 is 1.04 bits per heavy atom. The summed E-state index contributed by atoms with van der Waals surface area (Å²) in [5.74, 6) is 2.14. The lowest BCUT2D eigenvalue weighted by molar-refractivity contribution is -0.133. The smallest absolute Gasteiger partial charge is 0.229 e. The van der Waals surface area contributed by atoms with E-state index in [1.54, 1.807) is 24.7 Å². The van der Waals surface area contributed by atoms with E-state index in [2.05, 4.69) is 25.3 Å². The Hall–Kier alpha value is -2.57. The van der Waals surface area contributed by atoms with Gasteiger partial charge in [0.15, 0.2) is 0 Å². The fraction of sp³-hybridized carbons (Fsp3) is 0.550. The van der Waals surface area contributed by atoms with Gasteiger partial charge in [0, 0.05) is 44.0 Å². The molecule has 2 fully saturated rings. The van der Waals surface area contributed by atoms with Gasteiger partial charge in [-0.1, -0.05) is 12.8 Å². The van der Waals surface area contributed by atoms with E-state index in [1.807, 2.05) is 11.0 Å². The maximum absolute atomic E-state index is 12.7. The number of carbonyl (C=O) groups excluding carboxylic acids is 1. The van der Waals surface area contributed by atoms with Crippen molar-refractivity contribution in [2.45, 2.75) is 50.9 Å². The molecule has 4 rings (SSSR count). The van der Waals surface area contributed by atoms with E-state index in [0.29, 0.717) is 30.1 Å². The third kappa shape index (κ3) is 4.59. The second-order valence-electron chi connectivity index (χ2n) is 7.54. The van der Waals surface area contributed by atoms with Gasteiger partial charge < -0.3 is 4.90 Å². The van der Waals surface area contributed by atoms with Crippen LogP contribution in [0.5, 0.6) is 0 Å². The molecule has 0 unspecified atom stereocenters. The minimum Gasteiger partial charge on any atom is -0.342 e. The van der Waals surface area contributed by atoms with Crippen molar-refractivity contribution in [1.29, 1.82) is 0 Å². The second-order valence-corrected chi connectivity index (χ2v) is 7.54. The van der Waals surface area contributed by atoms with Crippen molar-refractivity contribution >= 4 is 17.8 Å². The molecule has 7 nitrogen and oxygen atoms in total. The number of rotatable bonds is 5. The van der Waals surface area contributed by atoms with E-state index in [-0.39, 0.29) is 5.92 Å². The molecule has 27 heavy (non-hydrogen) atoms. The first kappa shape index (κ1) is 17.8. The van der Waals surface area contributed by atoms with Crippen molar-refractivity contribution in [1.82, 2.24) is 24.8 Å². The number of aromatic nitrogens is 4. The minimum absolute atomic E-state index is 0.256. The molecule has 0 radical (unpaired) electrons. The van der Waals surface area contributed by atoms with Crippen molar-refractivity contribution in [2.75, 3.05) is 18.4 Å². The van der Waals surface area contributed by atoms with Crippen LogP contribution in [-0.4, -0.2) is 43.8 Å². The van der Waals surface area contributed by atoms with E-state index in [4.69, 9.17) is 0 Å². The molecule has 0 aromatic carbocycles. The standard InChI is InChI=1S/C20H26N6O/c27-18(13-15-5-1-2-6-15)26-12-3-7-16(14-26)17-8-11-23-20(24-17)25-19-21-9-4-10-22-19/h4,8-11,15-16H,1-3,5-7,12-14H2,(H,21,22,23,24,25)/t16-/m0/s1. The lowest BCUT2D eigenvalue weighted by atomic mass is 9.93. The maximum atomic E-state index is 12.7. The van der Waals surface area contributed by atoms with Crippen molar-refractivity contribution in [3.8, 4) is 0 Å². The quantitative estimate of drug-likeness (QED) is 0.874. The van der Waals surface area contributed by atoms with Crippen LogP contribution in [0.4, 0.5) is 11.9 Å². The van der Waals surface area contributed by atoms with Crippen LogP contribution in [-0.2, 0) is 4.79 Å². The number of likely N-dealkylation sites (tertiary alicyclic amines) is 1. The first-order valence-electron chi connectivity index (χ1n) is 9.92. The SMILES string of the molecule is O=C(CC1CCCC1)N1CCC[C@H](c2ccnc(Nc3ncccn3)n2)C1. The Bertz CT molecular complexity index is 762. The molecule has 7 heteroatoms. The van der Waals surface area contributed by atoms with Gasteiger partial charge in [-0.25, -0.2) is 19.9 Å². The number of hydrogen-bond donors (Lipinski definition) is 1. The fourth-order valence-electron chi connectivity index (χ4n) is 4.16. The molecule has 1 amide bonds. The molecule has 1 aliphatic heterocycles. The summed E-state index contributed by atoms with van der Waals surface area (Å²) in [6.45, 7) is 1.62. The summed E-state index contributed by atoms with van der Waals surface area (Å²) in [7, 11) is 0. The van der Waals surface area contributed by atoms with Crippen LogP contribution in [0.2, 0.25) is 0 Å². The van der Waals surface area contributed by atoms with E-state index in [1.165, 1.54) is 25.7 Å².